The fourth-order valence-corrected chi connectivity index (χ4v) is 1.60. The minimum absolute atomic E-state index is 0.0167. The molecule has 0 radical (unpaired) electrons. The van der Waals surface area contributed by atoms with Gasteiger partial charge in [-0.25, -0.2) is 9.78 Å². The van der Waals surface area contributed by atoms with E-state index in [1.165, 1.54) is 6.20 Å². The highest BCUT2D eigenvalue weighted by Gasteiger charge is 2.13. The SMILES string of the molecule is Cc1ccc(-c2cc(N)cnc2C(=O)O)cc1. The Balaban J connectivity index is 2.60. The fraction of sp³-hybridized carbons (Fsp3) is 0.0769. The Labute approximate surface area is 98.7 Å². The summed E-state index contributed by atoms with van der Waals surface area (Å²) in [5.74, 6) is -1.06. The minimum Gasteiger partial charge on any atom is -0.476 e. The molecule has 4 heteroatoms. The molecule has 86 valence electrons. The van der Waals surface area contributed by atoms with Crippen LogP contribution in [0.25, 0.3) is 11.1 Å². The Morgan fingerprint density at radius 1 is 1.29 bits per heavy atom. The summed E-state index contributed by atoms with van der Waals surface area (Å²) in [5, 5.41) is 9.07. The molecule has 0 saturated carbocycles. The lowest BCUT2D eigenvalue weighted by Crippen LogP contribution is -2.04. The van der Waals surface area contributed by atoms with Gasteiger partial charge in [-0.1, -0.05) is 29.8 Å². The maximum absolute atomic E-state index is 11.1. The van der Waals surface area contributed by atoms with E-state index in [0.717, 1.165) is 11.1 Å². The summed E-state index contributed by atoms with van der Waals surface area (Å²) in [6.07, 6.45) is 1.35. The monoisotopic (exact) mass is 228 g/mol. The Hall–Kier alpha value is -2.36. The van der Waals surface area contributed by atoms with Crippen LogP contribution in [0.3, 0.4) is 0 Å². The molecule has 0 atom stereocenters. The lowest BCUT2D eigenvalue weighted by Gasteiger charge is -2.06. The standard InChI is InChI=1S/C13H12N2O2/c1-8-2-4-9(5-3-8)11-6-10(14)7-15-12(11)13(16)17/h2-7H,14H2,1H3,(H,16,17). The van der Waals surface area contributed by atoms with Crippen LogP contribution in [0.2, 0.25) is 0 Å². The molecule has 17 heavy (non-hydrogen) atoms. The number of aryl methyl sites for hydroxylation is 1. The summed E-state index contributed by atoms with van der Waals surface area (Å²) in [6, 6.07) is 9.19. The minimum atomic E-state index is -1.06. The van der Waals surface area contributed by atoms with E-state index < -0.39 is 5.97 Å². The third-order valence-corrected chi connectivity index (χ3v) is 2.47. The highest BCUT2D eigenvalue weighted by Crippen LogP contribution is 2.24. The van der Waals surface area contributed by atoms with Crippen LogP contribution < -0.4 is 5.73 Å². The van der Waals surface area contributed by atoms with Crippen molar-refractivity contribution in [1.29, 1.82) is 0 Å². The van der Waals surface area contributed by atoms with Crippen LogP contribution in [0.4, 0.5) is 5.69 Å². The largest absolute Gasteiger partial charge is 0.476 e. The number of nitrogens with zero attached hydrogens (tertiary/aromatic N) is 1. The van der Waals surface area contributed by atoms with Crippen LogP contribution >= 0.6 is 0 Å². The van der Waals surface area contributed by atoms with Gasteiger partial charge in [0, 0.05) is 5.56 Å². The van der Waals surface area contributed by atoms with E-state index >= 15 is 0 Å². The second-order valence-electron chi connectivity index (χ2n) is 3.84. The summed E-state index contributed by atoms with van der Waals surface area (Å²) >= 11 is 0. The summed E-state index contributed by atoms with van der Waals surface area (Å²) in [4.78, 5) is 14.9. The number of nitrogens with two attached hydrogens (primary N) is 1. The van der Waals surface area contributed by atoms with Gasteiger partial charge in [-0.3, -0.25) is 0 Å². The predicted octanol–water partition coefficient (Wildman–Crippen LogP) is 2.34. The zero-order valence-electron chi connectivity index (χ0n) is 9.34. The van der Waals surface area contributed by atoms with E-state index in [2.05, 4.69) is 4.98 Å². The van der Waals surface area contributed by atoms with Crippen molar-refractivity contribution in [2.24, 2.45) is 0 Å². The number of aromatic carboxylic acids is 1. The van der Waals surface area contributed by atoms with Crippen molar-refractivity contribution in [3.8, 4) is 11.1 Å². The van der Waals surface area contributed by atoms with Crippen LogP contribution in [0.15, 0.2) is 36.5 Å². The molecule has 0 aliphatic rings. The smallest absolute Gasteiger partial charge is 0.355 e. The molecule has 0 aliphatic carbocycles. The first kappa shape index (κ1) is 11.1. The lowest BCUT2D eigenvalue weighted by atomic mass is 10.0. The van der Waals surface area contributed by atoms with Crippen molar-refractivity contribution in [1.82, 2.24) is 4.98 Å². The molecule has 1 aromatic carbocycles. The fourth-order valence-electron chi connectivity index (χ4n) is 1.60. The summed E-state index contributed by atoms with van der Waals surface area (Å²) in [7, 11) is 0. The van der Waals surface area contributed by atoms with Crippen LogP contribution in [0, 0.1) is 6.92 Å². The van der Waals surface area contributed by atoms with Crippen LogP contribution in [-0.2, 0) is 0 Å². The van der Waals surface area contributed by atoms with Gasteiger partial charge < -0.3 is 10.8 Å². The van der Waals surface area contributed by atoms with E-state index in [0.29, 0.717) is 11.3 Å². The van der Waals surface area contributed by atoms with Crippen LogP contribution in [-0.4, -0.2) is 16.1 Å². The number of nitrogen functional groups attached to an aromatic ring is 1. The molecule has 0 amide bonds. The normalized spacial score (nSPS) is 10.2. The Kier molecular flexibility index (Phi) is 2.78. The number of anilines is 1. The van der Waals surface area contributed by atoms with Gasteiger partial charge in [0.25, 0.3) is 0 Å². The molecule has 3 N–H and O–H groups in total. The van der Waals surface area contributed by atoms with Crippen molar-refractivity contribution in [3.05, 3.63) is 47.8 Å². The molecule has 4 nitrogen and oxygen atoms in total. The summed E-state index contributed by atoms with van der Waals surface area (Å²) < 4.78 is 0. The summed E-state index contributed by atoms with van der Waals surface area (Å²) in [6.45, 7) is 1.97. The molecule has 2 aromatic rings. The van der Waals surface area contributed by atoms with Crippen molar-refractivity contribution >= 4 is 11.7 Å². The highest BCUT2D eigenvalue weighted by atomic mass is 16.4. The third kappa shape index (κ3) is 2.25. The van der Waals surface area contributed by atoms with E-state index in [-0.39, 0.29) is 5.69 Å². The number of hydrogen-bond donors (Lipinski definition) is 2. The van der Waals surface area contributed by atoms with E-state index in [1.54, 1.807) is 6.07 Å². The number of aromatic nitrogens is 1. The number of benzene rings is 1. The predicted molar refractivity (Wildman–Crippen MR) is 65.8 cm³/mol. The Morgan fingerprint density at radius 2 is 1.94 bits per heavy atom. The molecule has 0 fully saturated rings. The van der Waals surface area contributed by atoms with E-state index in [1.807, 2.05) is 31.2 Å². The Morgan fingerprint density at radius 3 is 2.53 bits per heavy atom. The molecular weight excluding hydrogens is 216 g/mol. The number of carboxylic acids is 1. The maximum Gasteiger partial charge on any atom is 0.355 e. The van der Waals surface area contributed by atoms with Gasteiger partial charge >= 0.3 is 5.97 Å². The topological polar surface area (TPSA) is 76.2 Å². The van der Waals surface area contributed by atoms with E-state index in [4.69, 9.17) is 10.8 Å². The number of carboxylic acid groups (broad SMARTS) is 1. The quantitative estimate of drug-likeness (QED) is 0.827. The van der Waals surface area contributed by atoms with Gasteiger partial charge in [-0.2, -0.15) is 0 Å². The second kappa shape index (κ2) is 4.25. The molecule has 1 aromatic heterocycles. The molecule has 0 unspecified atom stereocenters. The zero-order chi connectivity index (χ0) is 12.4. The van der Waals surface area contributed by atoms with Gasteiger partial charge in [0.1, 0.15) is 0 Å². The van der Waals surface area contributed by atoms with Crippen LogP contribution in [0.1, 0.15) is 16.1 Å². The number of pyridine rings is 1. The molecular formula is C13H12N2O2. The van der Waals surface area contributed by atoms with Gasteiger partial charge in [0.05, 0.1) is 11.9 Å². The van der Waals surface area contributed by atoms with Gasteiger partial charge in [0.15, 0.2) is 5.69 Å². The molecule has 0 bridgehead atoms. The molecule has 0 saturated heterocycles. The van der Waals surface area contributed by atoms with Crippen molar-refractivity contribution < 1.29 is 9.90 Å². The van der Waals surface area contributed by atoms with Gasteiger partial charge in [-0.05, 0) is 18.6 Å². The zero-order valence-corrected chi connectivity index (χ0v) is 9.34. The summed E-state index contributed by atoms with van der Waals surface area (Å²) in [5.41, 5.74) is 8.56. The lowest BCUT2D eigenvalue weighted by molar-refractivity contribution is 0.0691. The van der Waals surface area contributed by atoms with Crippen LogP contribution in [0.5, 0.6) is 0 Å². The van der Waals surface area contributed by atoms with Crippen molar-refractivity contribution in [2.45, 2.75) is 6.92 Å². The highest BCUT2D eigenvalue weighted by molar-refractivity contribution is 5.94. The molecule has 0 spiro atoms. The van der Waals surface area contributed by atoms with Gasteiger partial charge in [0.2, 0.25) is 0 Å². The molecule has 0 aliphatic heterocycles. The van der Waals surface area contributed by atoms with E-state index in [9.17, 15) is 4.79 Å². The number of hydrogen-bond acceptors (Lipinski definition) is 3. The number of rotatable bonds is 2. The van der Waals surface area contributed by atoms with Crippen molar-refractivity contribution in [2.75, 3.05) is 5.73 Å². The first-order valence-electron chi connectivity index (χ1n) is 5.14. The maximum atomic E-state index is 11.1. The molecule has 2 rings (SSSR count). The third-order valence-electron chi connectivity index (χ3n) is 2.47. The molecule has 1 heterocycles. The first-order valence-corrected chi connectivity index (χ1v) is 5.14. The van der Waals surface area contributed by atoms with Crippen molar-refractivity contribution in [3.63, 3.8) is 0 Å². The average molecular weight is 228 g/mol. The Bertz CT molecular complexity index is 562. The average Bonchev–Trinajstić information content (AvgIpc) is 2.29. The second-order valence-corrected chi connectivity index (χ2v) is 3.84. The number of carbonyl (C=O) groups is 1. The van der Waals surface area contributed by atoms with Gasteiger partial charge in [-0.15, -0.1) is 0 Å². The first-order chi connectivity index (χ1) is 8.08.